The van der Waals surface area contributed by atoms with Crippen molar-refractivity contribution in [1.29, 1.82) is 0 Å². The number of anilines is 3. The van der Waals surface area contributed by atoms with Gasteiger partial charge in [-0.25, -0.2) is 9.97 Å². The lowest BCUT2D eigenvalue weighted by Crippen LogP contribution is -2.58. The van der Waals surface area contributed by atoms with Gasteiger partial charge in [-0.05, 0) is 87.7 Å². The fraction of sp³-hybridized carbons (Fsp3) is 0.571. The lowest BCUT2D eigenvalue weighted by molar-refractivity contribution is -0.144. The second-order valence-electron chi connectivity index (χ2n) is 19.8. The molecule has 3 fully saturated rings. The van der Waals surface area contributed by atoms with Gasteiger partial charge in [0, 0.05) is 62.8 Å². The van der Waals surface area contributed by atoms with Crippen LogP contribution in [0.2, 0.25) is 0 Å². The summed E-state index contributed by atoms with van der Waals surface area (Å²) in [6.45, 7) is 8.71. The number of unbranched alkanes of at least 4 members (excludes halogenated alkanes) is 1. The molecular formula is C49H67N13O8S. The van der Waals surface area contributed by atoms with Crippen molar-refractivity contribution < 1.29 is 38.6 Å². The highest BCUT2D eigenvalue weighted by molar-refractivity contribution is 7.09. The Hall–Kier alpha value is -6.55. The number of ether oxygens (including phenoxy) is 1. The highest BCUT2D eigenvalue weighted by Crippen LogP contribution is 2.40. The van der Waals surface area contributed by atoms with Gasteiger partial charge >= 0.3 is 0 Å². The molecule has 7 rings (SSSR count). The average Bonchev–Trinajstić information content (AvgIpc) is 3.74. The van der Waals surface area contributed by atoms with Crippen molar-refractivity contribution in [2.45, 2.75) is 129 Å². The van der Waals surface area contributed by atoms with Gasteiger partial charge in [-0.15, -0.1) is 21.5 Å². The van der Waals surface area contributed by atoms with E-state index in [1.807, 2.05) is 26.3 Å². The number of aromatic nitrogens is 6. The number of para-hydroxylation sites is 1. The number of rotatable bonds is 21. The highest BCUT2D eigenvalue weighted by atomic mass is 32.1. The number of benzene rings is 1. The summed E-state index contributed by atoms with van der Waals surface area (Å²) in [5.41, 5.74) is 3.64. The van der Waals surface area contributed by atoms with Crippen LogP contribution in [0.4, 0.5) is 17.2 Å². The molecule has 7 N–H and O–H groups in total. The Labute approximate surface area is 417 Å². The Morgan fingerprint density at radius 2 is 1.68 bits per heavy atom. The first-order valence-electron chi connectivity index (χ1n) is 24.5. The molecule has 3 aliphatic rings. The molecule has 21 nitrogen and oxygen atoms in total. The topological polar surface area (TPSA) is 277 Å². The number of nitrogens with one attached hydrogen (secondary N) is 6. The average molecular weight is 998 g/mol. The quantitative estimate of drug-likeness (QED) is 0.0576. The van der Waals surface area contributed by atoms with Gasteiger partial charge in [0.25, 0.3) is 5.91 Å². The number of aliphatic hydroxyl groups excluding tert-OH is 1. The van der Waals surface area contributed by atoms with E-state index in [0.29, 0.717) is 60.6 Å². The number of aryl methyl sites for hydroxylation is 1. The summed E-state index contributed by atoms with van der Waals surface area (Å²) in [6, 6.07) is 5.07. The lowest BCUT2D eigenvalue weighted by atomic mass is 9.81. The van der Waals surface area contributed by atoms with Gasteiger partial charge in [0.1, 0.15) is 18.4 Å². The maximum atomic E-state index is 14.1. The zero-order chi connectivity index (χ0) is 50.8. The van der Waals surface area contributed by atoms with Crippen molar-refractivity contribution in [3.8, 4) is 17.1 Å². The molecule has 3 atom stereocenters. The maximum Gasteiger partial charge on any atom is 0.273 e. The number of thiazole rings is 1. The Morgan fingerprint density at radius 1 is 0.930 bits per heavy atom. The number of amides is 6. The number of nitrogens with zero attached hydrogens (tertiary/aromatic N) is 7. The van der Waals surface area contributed by atoms with Crippen LogP contribution in [-0.2, 0) is 30.5 Å². The third-order valence-corrected chi connectivity index (χ3v) is 14.4. The van der Waals surface area contributed by atoms with Crippen LogP contribution in [-0.4, -0.2) is 127 Å². The van der Waals surface area contributed by atoms with E-state index in [2.05, 4.69) is 64.1 Å². The van der Waals surface area contributed by atoms with Crippen LogP contribution in [0.1, 0.15) is 118 Å². The van der Waals surface area contributed by atoms with Gasteiger partial charge in [-0.2, -0.15) is 5.10 Å². The first kappa shape index (κ1) is 52.3. The molecule has 22 heteroatoms. The van der Waals surface area contributed by atoms with E-state index >= 15 is 0 Å². The number of aliphatic hydroxyl groups is 1. The predicted octanol–water partition coefficient (Wildman–Crippen LogP) is 4.22. The van der Waals surface area contributed by atoms with Crippen LogP contribution in [0.3, 0.4) is 0 Å². The second kappa shape index (κ2) is 23.6. The van der Waals surface area contributed by atoms with Crippen molar-refractivity contribution in [2.24, 2.45) is 17.3 Å². The van der Waals surface area contributed by atoms with E-state index in [0.717, 1.165) is 44.2 Å². The first-order valence-corrected chi connectivity index (χ1v) is 25.4. The number of carbonyl (C=O) groups is 6. The van der Waals surface area contributed by atoms with Crippen molar-refractivity contribution in [3.63, 3.8) is 0 Å². The van der Waals surface area contributed by atoms with Crippen molar-refractivity contribution in [1.82, 2.24) is 56.1 Å². The summed E-state index contributed by atoms with van der Waals surface area (Å²) in [5, 5.41) is 40.7. The van der Waals surface area contributed by atoms with Crippen molar-refractivity contribution >= 4 is 64.0 Å². The molecule has 6 amide bonds. The molecular weight excluding hydrogens is 931 g/mol. The molecule has 4 aromatic rings. The van der Waals surface area contributed by atoms with E-state index in [4.69, 9.17) is 4.74 Å². The molecule has 71 heavy (non-hydrogen) atoms. The minimum Gasteiger partial charge on any atom is -0.494 e. The zero-order valence-electron chi connectivity index (χ0n) is 41.4. The van der Waals surface area contributed by atoms with E-state index in [-0.39, 0.29) is 79.1 Å². The van der Waals surface area contributed by atoms with E-state index in [1.54, 1.807) is 40.5 Å². The molecule has 382 valence electrons. The molecule has 3 aromatic heterocycles. The number of hydrogen-bond acceptors (Lipinski definition) is 15. The molecule has 1 saturated heterocycles. The van der Waals surface area contributed by atoms with Crippen molar-refractivity contribution in [3.05, 3.63) is 52.4 Å². The Balaban J connectivity index is 0.843. The predicted molar refractivity (Wildman–Crippen MR) is 266 cm³/mol. The van der Waals surface area contributed by atoms with E-state index in [1.165, 1.54) is 30.0 Å². The minimum absolute atomic E-state index is 0.00643. The zero-order valence-corrected chi connectivity index (χ0v) is 42.2. The SMILES string of the molecule is CNC(=O)c1nnc(NC(=O)C2CC2)cc1Nc1cccc(-c2ncn(CCNC(=O)CCCCC(=O)N[C@H](C(=O)N3C[C@H](O)C[C@H]3C(=O)NCC3CCC(c4scnc4C)CC3)C(C)(C)C)n2)c1OC. The molecule has 0 radical (unpaired) electrons. The van der Waals surface area contributed by atoms with E-state index < -0.39 is 35.4 Å². The van der Waals surface area contributed by atoms with Crippen LogP contribution >= 0.6 is 11.3 Å². The van der Waals surface area contributed by atoms with Crippen LogP contribution in [0.25, 0.3) is 11.4 Å². The maximum absolute atomic E-state index is 14.1. The summed E-state index contributed by atoms with van der Waals surface area (Å²) in [7, 11) is 2.97. The van der Waals surface area contributed by atoms with Gasteiger partial charge in [-0.1, -0.05) is 26.8 Å². The van der Waals surface area contributed by atoms with Gasteiger partial charge < -0.3 is 46.6 Å². The molecule has 1 aromatic carbocycles. The number of methoxy groups -OCH3 is 1. The normalized spacial score (nSPS) is 19.3. The van der Waals surface area contributed by atoms with E-state index in [9.17, 15) is 33.9 Å². The smallest absolute Gasteiger partial charge is 0.273 e. The fourth-order valence-electron chi connectivity index (χ4n) is 9.13. The summed E-state index contributed by atoms with van der Waals surface area (Å²) in [5.74, 6) is -0.142. The molecule has 0 bridgehead atoms. The standard InChI is InChI=1S/C49H67N13O8S/c1-28-42(71-27-54-28)30-16-14-29(15-17-30)24-52-46(67)36-22-32(63)25-62(36)48(69)43(49(2,3)4)57-39(65)13-8-7-12-38(64)51-20-21-61-26-53-44(60-61)33-10-9-11-34(41(33)70-6)55-35-23-37(56-45(66)31-18-19-31)58-59-40(35)47(68)50-5/h9-11,23,26-27,29-32,36,43,63H,7-8,12-22,24-25H2,1-6H3,(H,50,68)(H,51,64)(H,52,67)(H,57,65)(H2,55,56,58,66)/t29?,30?,32-,36+,43-/m1/s1. The van der Waals surface area contributed by atoms with Crippen molar-refractivity contribution in [2.75, 3.05) is 44.4 Å². The van der Waals surface area contributed by atoms with Gasteiger partial charge in [-0.3, -0.25) is 33.4 Å². The Morgan fingerprint density at radius 3 is 2.35 bits per heavy atom. The molecule has 2 aliphatic carbocycles. The summed E-state index contributed by atoms with van der Waals surface area (Å²) in [4.78, 5) is 90.4. The number of carbonyl (C=O) groups excluding carboxylic acids is 6. The molecule has 0 spiro atoms. The largest absolute Gasteiger partial charge is 0.494 e. The molecule has 2 saturated carbocycles. The Bertz CT molecular complexity index is 2550. The first-order chi connectivity index (χ1) is 34.0. The summed E-state index contributed by atoms with van der Waals surface area (Å²) >= 11 is 1.71. The minimum atomic E-state index is -0.933. The van der Waals surface area contributed by atoms with Gasteiger partial charge in [0.15, 0.2) is 23.1 Å². The van der Waals surface area contributed by atoms with Crippen LogP contribution in [0, 0.1) is 24.2 Å². The fourth-order valence-corrected chi connectivity index (χ4v) is 10.1. The molecule has 1 aliphatic heterocycles. The second-order valence-corrected chi connectivity index (χ2v) is 20.6. The van der Waals surface area contributed by atoms with Crippen LogP contribution in [0.15, 0.2) is 36.1 Å². The number of hydrogen-bond donors (Lipinski definition) is 7. The van der Waals surface area contributed by atoms with Gasteiger partial charge in [0.05, 0.1) is 47.9 Å². The number of likely N-dealkylation sites (tertiary alicyclic amines) is 1. The third-order valence-electron chi connectivity index (χ3n) is 13.3. The Kier molecular flexibility index (Phi) is 17.4. The summed E-state index contributed by atoms with van der Waals surface area (Å²) < 4.78 is 7.37. The van der Waals surface area contributed by atoms with Crippen LogP contribution in [0.5, 0.6) is 5.75 Å². The summed E-state index contributed by atoms with van der Waals surface area (Å²) in [6.07, 6.45) is 7.66. The molecule has 4 heterocycles. The van der Waals surface area contributed by atoms with Crippen LogP contribution < -0.4 is 36.6 Å². The lowest BCUT2D eigenvalue weighted by Gasteiger charge is -2.35. The highest BCUT2D eigenvalue weighted by Gasteiger charge is 2.44. The monoisotopic (exact) mass is 997 g/mol. The van der Waals surface area contributed by atoms with Gasteiger partial charge in [0.2, 0.25) is 29.5 Å². The third kappa shape index (κ3) is 13.7. The number of β-amino-alcohol motifs (C(OH)–C–C–N with tert-alkyl or cyclic N) is 1. The molecule has 0 unspecified atom stereocenters.